The van der Waals surface area contributed by atoms with E-state index in [0.717, 1.165) is 18.8 Å². The van der Waals surface area contributed by atoms with Crippen LogP contribution in [0, 0.1) is 6.92 Å². The molecule has 1 fully saturated rings. The molecule has 1 aromatic heterocycles. The zero-order valence-corrected chi connectivity index (χ0v) is 13.2. The van der Waals surface area contributed by atoms with E-state index in [1.54, 1.807) is 0 Å². The predicted octanol–water partition coefficient (Wildman–Crippen LogP) is 3.11. The van der Waals surface area contributed by atoms with Crippen molar-refractivity contribution in [2.24, 2.45) is 0 Å². The number of rotatable bonds is 5. The lowest BCUT2D eigenvalue weighted by atomic mass is 9.81. The highest BCUT2D eigenvalue weighted by atomic mass is 16.3. The van der Waals surface area contributed by atoms with E-state index in [1.807, 2.05) is 18.3 Å². The van der Waals surface area contributed by atoms with Crippen LogP contribution < -0.4 is 0 Å². The molecule has 0 bridgehead atoms. The minimum atomic E-state index is -0.319. The van der Waals surface area contributed by atoms with E-state index >= 15 is 0 Å². The Balaban J connectivity index is 2.16. The van der Waals surface area contributed by atoms with E-state index in [2.05, 4.69) is 47.1 Å². The summed E-state index contributed by atoms with van der Waals surface area (Å²) in [7, 11) is 0. The van der Waals surface area contributed by atoms with E-state index in [0.29, 0.717) is 6.42 Å². The van der Waals surface area contributed by atoms with Crippen LogP contribution in [0.5, 0.6) is 0 Å². The topological polar surface area (TPSA) is 36.4 Å². The Labute approximate surface area is 132 Å². The number of hydrogen-bond donors (Lipinski definition) is 1. The smallest absolute Gasteiger partial charge is 0.0910 e. The van der Waals surface area contributed by atoms with Gasteiger partial charge in [0.05, 0.1) is 11.2 Å². The minimum Gasteiger partial charge on any atom is -0.396 e. The van der Waals surface area contributed by atoms with Crippen molar-refractivity contribution in [1.29, 1.82) is 0 Å². The number of nitrogens with zero attached hydrogens (tertiary/aromatic N) is 2. The normalized spacial score (nSPS) is 18.3. The number of likely N-dealkylation sites (tertiary alicyclic amines) is 1. The summed E-state index contributed by atoms with van der Waals surface area (Å²) >= 11 is 0. The number of aliphatic hydroxyl groups is 1. The monoisotopic (exact) mass is 296 g/mol. The second kappa shape index (κ2) is 6.59. The summed E-state index contributed by atoms with van der Waals surface area (Å²) < 4.78 is 0. The van der Waals surface area contributed by atoms with Crippen molar-refractivity contribution in [3.8, 4) is 0 Å². The molecule has 1 N–H and O–H groups in total. The SMILES string of the molecule is Cc1ccc(C(CCO)(c2ccccn2)N2CCCC2)cc1. The zero-order valence-electron chi connectivity index (χ0n) is 13.2. The van der Waals surface area contributed by atoms with Gasteiger partial charge in [0, 0.05) is 12.8 Å². The van der Waals surface area contributed by atoms with Gasteiger partial charge in [0.1, 0.15) is 0 Å². The fourth-order valence-corrected chi connectivity index (χ4v) is 3.62. The number of aromatic nitrogens is 1. The van der Waals surface area contributed by atoms with Gasteiger partial charge < -0.3 is 5.11 Å². The molecule has 1 atom stereocenters. The highest BCUT2D eigenvalue weighted by Gasteiger charge is 2.42. The Morgan fingerprint density at radius 2 is 1.82 bits per heavy atom. The predicted molar refractivity (Wildman–Crippen MR) is 88.7 cm³/mol. The molecule has 0 spiro atoms. The van der Waals surface area contributed by atoms with Crippen molar-refractivity contribution in [3.63, 3.8) is 0 Å². The summed E-state index contributed by atoms with van der Waals surface area (Å²) in [6, 6.07) is 14.8. The minimum absolute atomic E-state index is 0.154. The van der Waals surface area contributed by atoms with Crippen LogP contribution in [0.3, 0.4) is 0 Å². The largest absolute Gasteiger partial charge is 0.396 e. The molecule has 22 heavy (non-hydrogen) atoms. The quantitative estimate of drug-likeness (QED) is 0.921. The molecule has 0 amide bonds. The van der Waals surface area contributed by atoms with Gasteiger partial charge in [-0.25, -0.2) is 0 Å². The molecule has 3 heteroatoms. The molecule has 1 aliphatic heterocycles. The first-order valence-electron chi connectivity index (χ1n) is 8.12. The molecule has 116 valence electrons. The molecule has 2 aromatic rings. The Hall–Kier alpha value is -1.71. The van der Waals surface area contributed by atoms with E-state index < -0.39 is 0 Å². The van der Waals surface area contributed by atoms with Gasteiger partial charge in [-0.05, 0) is 57.0 Å². The van der Waals surface area contributed by atoms with Gasteiger partial charge in [-0.3, -0.25) is 9.88 Å². The van der Waals surface area contributed by atoms with Gasteiger partial charge >= 0.3 is 0 Å². The third kappa shape index (κ3) is 2.67. The van der Waals surface area contributed by atoms with Crippen LogP contribution in [0.4, 0.5) is 0 Å². The molecule has 3 rings (SSSR count). The van der Waals surface area contributed by atoms with Crippen molar-refractivity contribution in [2.45, 2.75) is 31.7 Å². The van der Waals surface area contributed by atoms with Crippen LogP contribution in [0.2, 0.25) is 0 Å². The van der Waals surface area contributed by atoms with E-state index in [-0.39, 0.29) is 12.1 Å². The highest BCUT2D eigenvalue weighted by Crippen LogP contribution is 2.40. The lowest BCUT2D eigenvalue weighted by molar-refractivity contribution is 0.112. The molecular weight excluding hydrogens is 272 g/mol. The molecule has 1 aliphatic rings. The first kappa shape index (κ1) is 15.2. The molecule has 0 saturated carbocycles. The van der Waals surface area contributed by atoms with Crippen LogP contribution in [0.15, 0.2) is 48.7 Å². The number of benzene rings is 1. The van der Waals surface area contributed by atoms with E-state index in [9.17, 15) is 5.11 Å². The van der Waals surface area contributed by atoms with Gasteiger partial charge in [0.25, 0.3) is 0 Å². The average Bonchev–Trinajstić information content (AvgIpc) is 3.09. The van der Waals surface area contributed by atoms with Gasteiger partial charge in [0.15, 0.2) is 0 Å². The van der Waals surface area contributed by atoms with Crippen LogP contribution in [-0.4, -0.2) is 34.7 Å². The molecule has 2 heterocycles. The average molecular weight is 296 g/mol. The first-order valence-corrected chi connectivity index (χ1v) is 8.12. The summed E-state index contributed by atoms with van der Waals surface area (Å²) in [5, 5.41) is 9.79. The Bertz CT molecular complexity index is 591. The summed E-state index contributed by atoms with van der Waals surface area (Å²) in [6.07, 6.45) is 4.95. The Kier molecular flexibility index (Phi) is 4.55. The number of hydrogen-bond acceptors (Lipinski definition) is 3. The van der Waals surface area contributed by atoms with Crippen molar-refractivity contribution in [3.05, 3.63) is 65.5 Å². The van der Waals surface area contributed by atoms with Crippen LogP contribution >= 0.6 is 0 Å². The van der Waals surface area contributed by atoms with Gasteiger partial charge in [-0.15, -0.1) is 0 Å². The van der Waals surface area contributed by atoms with E-state index in [1.165, 1.54) is 24.0 Å². The standard InChI is InChI=1S/C19H24N2O/c1-16-7-9-17(10-8-16)19(11-15-22,21-13-4-5-14-21)18-6-2-3-12-20-18/h2-3,6-10,12,22H,4-5,11,13-15H2,1H3. The van der Waals surface area contributed by atoms with Crippen molar-refractivity contribution >= 4 is 0 Å². The van der Waals surface area contributed by atoms with Crippen LogP contribution in [0.25, 0.3) is 0 Å². The van der Waals surface area contributed by atoms with Crippen molar-refractivity contribution < 1.29 is 5.11 Å². The van der Waals surface area contributed by atoms with Gasteiger partial charge in [0.2, 0.25) is 0 Å². The summed E-state index contributed by atoms with van der Waals surface area (Å²) in [6.45, 7) is 4.38. The maximum Gasteiger partial charge on any atom is 0.0910 e. The zero-order chi connectivity index (χ0) is 15.4. The molecule has 1 saturated heterocycles. The molecule has 0 aliphatic carbocycles. The molecule has 0 radical (unpaired) electrons. The maximum atomic E-state index is 9.79. The third-order valence-corrected chi connectivity index (χ3v) is 4.74. The van der Waals surface area contributed by atoms with E-state index in [4.69, 9.17) is 0 Å². The number of aryl methyl sites for hydroxylation is 1. The molecule has 1 unspecified atom stereocenters. The maximum absolute atomic E-state index is 9.79. The third-order valence-electron chi connectivity index (χ3n) is 4.74. The first-order chi connectivity index (χ1) is 10.8. The summed E-state index contributed by atoms with van der Waals surface area (Å²) in [4.78, 5) is 7.16. The molecule has 1 aromatic carbocycles. The fraction of sp³-hybridized carbons (Fsp3) is 0.421. The molecular formula is C19H24N2O. The second-order valence-corrected chi connectivity index (χ2v) is 6.11. The lowest BCUT2D eigenvalue weighted by Gasteiger charge is -2.42. The van der Waals surface area contributed by atoms with Crippen LogP contribution in [-0.2, 0) is 5.54 Å². The Morgan fingerprint density at radius 3 is 2.41 bits per heavy atom. The lowest BCUT2D eigenvalue weighted by Crippen LogP contribution is -2.47. The Morgan fingerprint density at radius 1 is 1.09 bits per heavy atom. The van der Waals surface area contributed by atoms with Crippen molar-refractivity contribution in [2.75, 3.05) is 19.7 Å². The number of aliphatic hydroxyl groups excluding tert-OH is 1. The van der Waals surface area contributed by atoms with Gasteiger partial charge in [-0.1, -0.05) is 35.9 Å². The second-order valence-electron chi connectivity index (χ2n) is 6.11. The van der Waals surface area contributed by atoms with Crippen molar-refractivity contribution in [1.82, 2.24) is 9.88 Å². The highest BCUT2D eigenvalue weighted by molar-refractivity contribution is 5.37. The van der Waals surface area contributed by atoms with Gasteiger partial charge in [-0.2, -0.15) is 0 Å². The number of pyridine rings is 1. The summed E-state index contributed by atoms with van der Waals surface area (Å²) in [5.74, 6) is 0. The van der Waals surface area contributed by atoms with Crippen LogP contribution in [0.1, 0.15) is 36.1 Å². The molecule has 3 nitrogen and oxygen atoms in total. The fourth-order valence-electron chi connectivity index (χ4n) is 3.62. The summed E-state index contributed by atoms with van der Waals surface area (Å²) in [5.41, 5.74) is 3.20.